The van der Waals surface area contributed by atoms with Crippen LogP contribution in [0.5, 0.6) is 0 Å². The Morgan fingerprint density at radius 3 is 2.62 bits per heavy atom. The van der Waals surface area contributed by atoms with Gasteiger partial charge in [-0.2, -0.15) is 0 Å². The molecule has 16 heavy (non-hydrogen) atoms. The third kappa shape index (κ3) is 7.80. The molecule has 3 atom stereocenters. The largest absolute Gasteiger partial charge is 0.480 e. The van der Waals surface area contributed by atoms with E-state index in [2.05, 4.69) is 0 Å². The van der Waals surface area contributed by atoms with Crippen molar-refractivity contribution in [3.05, 3.63) is 0 Å². The van der Waals surface area contributed by atoms with Gasteiger partial charge in [-0.25, -0.2) is 0 Å². The van der Waals surface area contributed by atoms with E-state index in [1.54, 1.807) is 0 Å². The summed E-state index contributed by atoms with van der Waals surface area (Å²) in [5, 5.41) is 17.6. The molecule has 8 heteroatoms. The number of hydrogen-bond acceptors (Lipinski definition) is 6. The zero-order valence-electron chi connectivity index (χ0n) is 15.9. The van der Waals surface area contributed by atoms with Crippen LogP contribution in [0.15, 0.2) is 0 Å². The molecule has 0 saturated carbocycles. The van der Waals surface area contributed by atoms with Crippen molar-refractivity contribution in [3.8, 4) is 0 Å². The summed E-state index contributed by atoms with van der Waals surface area (Å²) < 4.78 is 59.5. The van der Waals surface area contributed by atoms with E-state index in [4.69, 9.17) is 27.0 Å². The van der Waals surface area contributed by atoms with Gasteiger partial charge in [-0.15, -0.1) is 0 Å². The van der Waals surface area contributed by atoms with Gasteiger partial charge in [-0.3, -0.25) is 9.59 Å². The number of aliphatic carboxylic acids is 2. The molecule has 0 radical (unpaired) electrons. The van der Waals surface area contributed by atoms with Crippen LogP contribution in [0.25, 0.3) is 0 Å². The van der Waals surface area contributed by atoms with Crippen molar-refractivity contribution >= 4 is 33.5 Å². The second kappa shape index (κ2) is 8.68. The van der Waals surface area contributed by atoms with E-state index in [0.29, 0.717) is 10.8 Å². The van der Waals surface area contributed by atoms with Crippen LogP contribution in [0.2, 0.25) is 2.82 Å². The molecule has 0 aliphatic heterocycles. The molecule has 0 amide bonds. The Kier molecular flexibility index (Phi) is 3.52. The first-order valence-electron chi connectivity index (χ1n) is 7.85. The van der Waals surface area contributed by atoms with Crippen molar-refractivity contribution in [1.82, 2.24) is 0 Å². The van der Waals surface area contributed by atoms with Crippen molar-refractivity contribution in [2.24, 2.45) is 11.5 Å². The summed E-state index contributed by atoms with van der Waals surface area (Å²) in [6, 6.07) is -4.95. The summed E-state index contributed by atoms with van der Waals surface area (Å²) in [5.74, 6) is -3.60. The molecule has 1 unspecified atom stereocenters. The molecule has 0 aliphatic rings. The highest BCUT2D eigenvalue weighted by Gasteiger charge is 2.12. The average molecular weight is 276 g/mol. The minimum Gasteiger partial charge on any atom is -0.480 e. The van der Waals surface area contributed by atoms with Crippen LogP contribution >= 0.6 is 21.6 Å². The van der Waals surface area contributed by atoms with Gasteiger partial charge >= 0.3 is 11.9 Å². The van der Waals surface area contributed by atoms with Crippen molar-refractivity contribution in [2.75, 3.05) is 11.4 Å². The highest BCUT2D eigenvalue weighted by Crippen LogP contribution is 2.23. The summed E-state index contributed by atoms with van der Waals surface area (Å²) in [5.41, 5.74) is 0.108. The first kappa shape index (κ1) is 6.48. The maximum absolute atomic E-state index is 11.1. The number of carbonyl (C=O) groups is 2. The molecule has 0 aromatic carbocycles. The molecule has 0 rings (SSSR count). The quantitative estimate of drug-likeness (QED) is 0.410. The van der Waals surface area contributed by atoms with Crippen LogP contribution < -0.4 is 11.5 Å². The number of hydrogen-bond donors (Lipinski definition) is 4. The third-order valence-electron chi connectivity index (χ3n) is 1.20. The third-order valence-corrected chi connectivity index (χ3v) is 2.75. The lowest BCUT2D eigenvalue weighted by Gasteiger charge is -2.06. The number of carboxylic acids is 2. The molecule has 6 nitrogen and oxygen atoms in total. The fourth-order valence-corrected chi connectivity index (χ4v) is 1.67. The Bertz CT molecular complexity index is 485. The van der Waals surface area contributed by atoms with Crippen LogP contribution in [0, 0.1) is 0 Å². The number of nitrogens with two attached hydrogens (primary N) is 2. The minimum atomic E-state index is -3.57. The number of carboxylic acid groups (broad SMARTS) is 2. The first-order valence-corrected chi connectivity index (χ1v) is 6.09. The summed E-state index contributed by atoms with van der Waals surface area (Å²) in [7, 11) is 0.475. The SMILES string of the molecule is [2H]C(C[C@H](N)C(=O)O)SSC([2H])([2H])C([2H])([2H])[C@@]([2H])(C(=O)O)N([2H])[2H]. The normalized spacial score (nSPS) is 27.6. The Hall–Kier alpha value is -0.440. The van der Waals surface area contributed by atoms with Gasteiger partial charge < -0.3 is 21.7 Å². The van der Waals surface area contributed by atoms with Crippen molar-refractivity contribution < 1.29 is 30.9 Å². The second-order valence-electron chi connectivity index (χ2n) is 2.41. The number of rotatable bonds is 10. The van der Waals surface area contributed by atoms with Crippen LogP contribution in [0.4, 0.5) is 0 Å². The maximum atomic E-state index is 11.1. The van der Waals surface area contributed by atoms with Gasteiger partial charge in [-0.05, 0) is 12.8 Å². The van der Waals surface area contributed by atoms with E-state index in [9.17, 15) is 9.59 Å². The summed E-state index contributed by atoms with van der Waals surface area (Å²) >= 11 is 0. The highest BCUT2D eigenvalue weighted by atomic mass is 33.1. The Labute approximate surface area is 113 Å². The van der Waals surface area contributed by atoms with Crippen molar-refractivity contribution in [2.45, 2.75) is 24.9 Å². The van der Waals surface area contributed by atoms with Gasteiger partial charge in [0, 0.05) is 18.3 Å². The van der Waals surface area contributed by atoms with Crippen LogP contribution in [-0.2, 0) is 9.59 Å². The lowest BCUT2D eigenvalue weighted by Crippen LogP contribution is -2.30. The van der Waals surface area contributed by atoms with Gasteiger partial charge in [0.25, 0.3) is 0 Å². The molecule has 6 N–H and O–H groups in total. The molecule has 0 aromatic rings. The van der Waals surface area contributed by atoms with E-state index in [-0.39, 0.29) is 17.2 Å². The van der Waals surface area contributed by atoms with Gasteiger partial charge in [0.2, 0.25) is 0 Å². The van der Waals surface area contributed by atoms with Gasteiger partial charge in [0.1, 0.15) is 14.9 Å². The Morgan fingerprint density at radius 1 is 1.44 bits per heavy atom. The molecular formula is C8H16N2O4S2. The first-order chi connectivity index (χ1) is 10.6. The van der Waals surface area contributed by atoms with Crippen LogP contribution in [0.1, 0.15) is 21.0 Å². The van der Waals surface area contributed by atoms with Gasteiger partial charge in [0.15, 0.2) is 0 Å². The molecular weight excluding hydrogens is 252 g/mol. The molecule has 0 heterocycles. The van der Waals surface area contributed by atoms with Crippen LogP contribution in [-0.4, -0.2) is 45.6 Å². The van der Waals surface area contributed by atoms with Crippen molar-refractivity contribution in [3.63, 3.8) is 0 Å². The molecule has 0 aromatic heterocycles. The van der Waals surface area contributed by atoms with E-state index >= 15 is 0 Å². The summed E-state index contributed by atoms with van der Waals surface area (Å²) in [6.45, 7) is 0. The van der Waals surface area contributed by atoms with Gasteiger partial charge in [-0.1, -0.05) is 21.6 Å². The molecule has 0 spiro atoms. The predicted octanol–water partition coefficient (Wildman–Crippen LogP) is -0.0282. The monoisotopic (exact) mass is 276 g/mol. The average Bonchev–Trinajstić information content (AvgIpc) is 2.43. The fraction of sp³-hybridized carbons (Fsp3) is 0.750. The fourth-order valence-electron chi connectivity index (χ4n) is 0.424. The minimum absolute atomic E-state index is 0.0715. The second-order valence-corrected chi connectivity index (χ2v) is 4.38. The van der Waals surface area contributed by atoms with Gasteiger partial charge in [0.05, 0.1) is 1.37 Å². The maximum Gasteiger partial charge on any atom is 0.320 e. The van der Waals surface area contributed by atoms with E-state index in [1.807, 2.05) is 0 Å². The topological polar surface area (TPSA) is 127 Å². The summed E-state index contributed by atoms with van der Waals surface area (Å²) in [4.78, 5) is 21.7. The molecule has 0 fully saturated rings. The predicted molar refractivity (Wildman–Crippen MR) is 65.4 cm³/mol. The summed E-state index contributed by atoms with van der Waals surface area (Å²) in [6.07, 6.45) is -3.90. The van der Waals surface area contributed by atoms with E-state index < -0.39 is 47.5 Å². The molecule has 0 bridgehead atoms. The van der Waals surface area contributed by atoms with Crippen molar-refractivity contribution in [1.29, 1.82) is 0 Å². The lowest BCUT2D eigenvalue weighted by molar-refractivity contribution is -0.139. The molecule has 94 valence electrons. The van der Waals surface area contributed by atoms with E-state index in [0.717, 1.165) is 0 Å². The molecule has 0 saturated heterocycles. The highest BCUT2D eigenvalue weighted by molar-refractivity contribution is 8.76. The Morgan fingerprint density at radius 2 is 2.12 bits per heavy atom. The van der Waals surface area contributed by atoms with E-state index in [1.165, 1.54) is 0 Å². The smallest absolute Gasteiger partial charge is 0.320 e. The van der Waals surface area contributed by atoms with Crippen LogP contribution in [0.3, 0.4) is 0 Å². The Balaban J connectivity index is 5.22. The zero-order chi connectivity index (χ0) is 19.5. The standard InChI is InChI=1S/C8H16N2O4S2/c9-5(7(11)12)1-3-15-16-4-2-6(10)8(13)14/h5-6H,1-4,9-10H2,(H,11,12)(H,13,14)/t5-,6-/m0/s1/i1D2,3D2,4D,5D/hD2/t4?,5-,6-. The molecule has 0 aliphatic carbocycles. The lowest BCUT2D eigenvalue weighted by atomic mass is 10.2. The zero-order valence-corrected chi connectivity index (χ0v) is 9.55.